The fourth-order valence-corrected chi connectivity index (χ4v) is 14.1. The van der Waals surface area contributed by atoms with Crippen LogP contribution in [0.15, 0.2) is 60.7 Å². The molecule has 16 nitrogen and oxygen atoms in total. The zero-order valence-electron chi connectivity index (χ0n) is 41.5. The Bertz CT molecular complexity index is 2130. The first-order valence-electron chi connectivity index (χ1n) is 24.4. The molecule has 10 atom stereocenters. The number of thioether (sulfide) groups is 2. The maximum atomic E-state index is 14.7. The molecule has 0 saturated carbocycles. The van der Waals surface area contributed by atoms with Crippen molar-refractivity contribution in [3.05, 3.63) is 71.8 Å². The summed E-state index contributed by atoms with van der Waals surface area (Å²) in [5.74, 6) is -0.440. The van der Waals surface area contributed by atoms with Gasteiger partial charge in [0.05, 0.1) is 32.8 Å². The average molecular weight is 1040 g/mol. The molecular weight excluding hydrogens is 965 g/mol. The maximum absolute atomic E-state index is 14.7. The third-order valence-corrected chi connectivity index (χ3v) is 18.1. The van der Waals surface area contributed by atoms with Crippen LogP contribution in [0.5, 0.6) is 0 Å². The summed E-state index contributed by atoms with van der Waals surface area (Å²) in [6.45, 7) is 12.5. The normalized spacial score (nSPS) is 26.9. The number of rotatable bonds is 14. The predicted molar refractivity (Wildman–Crippen MR) is 284 cm³/mol. The molecule has 2 aromatic carbocycles. The first-order chi connectivity index (χ1) is 33.3. The van der Waals surface area contributed by atoms with E-state index in [0.717, 1.165) is 0 Å². The number of fused-ring (bicyclic) bond motifs is 2. The highest BCUT2D eigenvalue weighted by atomic mass is 32.2. The Kier molecular flexibility index (Phi) is 17.3. The summed E-state index contributed by atoms with van der Waals surface area (Å²) in [4.78, 5) is 95.6. The lowest BCUT2D eigenvalue weighted by molar-refractivity contribution is -0.147. The van der Waals surface area contributed by atoms with Crippen molar-refractivity contribution in [2.75, 3.05) is 51.8 Å². The van der Waals surface area contributed by atoms with Gasteiger partial charge in [0.2, 0.25) is 35.4 Å². The number of hydrogen-bond acceptors (Lipinski definition) is 12. The van der Waals surface area contributed by atoms with Gasteiger partial charge in [0.25, 0.3) is 0 Å². The van der Waals surface area contributed by atoms with Crippen molar-refractivity contribution in [2.45, 2.75) is 126 Å². The molecule has 5 aliphatic heterocycles. The summed E-state index contributed by atoms with van der Waals surface area (Å²) in [6, 6.07) is 12.9. The zero-order valence-corrected chi connectivity index (χ0v) is 44.8. The van der Waals surface area contributed by atoms with E-state index < -0.39 is 58.9 Å². The highest BCUT2D eigenvalue weighted by Gasteiger charge is 2.56. The van der Waals surface area contributed by atoms with Crippen molar-refractivity contribution in [1.82, 2.24) is 51.5 Å². The lowest BCUT2D eigenvalue weighted by Crippen LogP contribution is -2.60. The Balaban J connectivity index is 1.06. The summed E-state index contributed by atoms with van der Waals surface area (Å²) < 4.78 is 0. The third-order valence-electron chi connectivity index (χ3n) is 14.6. The molecule has 2 aromatic rings. The van der Waals surface area contributed by atoms with Gasteiger partial charge < -0.3 is 51.5 Å². The maximum Gasteiger partial charge on any atom is 0.249 e. The number of nitrogens with zero attached hydrogens (tertiary/aromatic N) is 4. The monoisotopic (exact) mass is 1030 g/mol. The van der Waals surface area contributed by atoms with Gasteiger partial charge in [-0.15, -0.1) is 23.5 Å². The van der Waals surface area contributed by atoms with Gasteiger partial charge in [-0.2, -0.15) is 0 Å². The highest BCUT2D eigenvalue weighted by molar-refractivity contribution is 8.00. The smallest absolute Gasteiger partial charge is 0.249 e. The van der Waals surface area contributed by atoms with E-state index in [1.165, 1.54) is 0 Å². The van der Waals surface area contributed by atoms with Crippen molar-refractivity contribution in [3.63, 3.8) is 0 Å². The molecule has 5 saturated heterocycles. The van der Waals surface area contributed by atoms with Crippen molar-refractivity contribution >= 4 is 93.4 Å². The van der Waals surface area contributed by atoms with Gasteiger partial charge in [0.15, 0.2) is 0 Å². The van der Waals surface area contributed by atoms with Crippen molar-refractivity contribution in [1.29, 1.82) is 0 Å². The molecule has 6 amide bonds. The van der Waals surface area contributed by atoms with E-state index in [1.807, 2.05) is 77.9 Å². The number of likely N-dealkylation sites (N-methyl/N-ethyl adjacent to an activating group) is 2. The Labute approximate surface area is 432 Å². The van der Waals surface area contributed by atoms with E-state index in [9.17, 15) is 28.8 Å². The van der Waals surface area contributed by atoms with Crippen LogP contribution in [0.2, 0.25) is 0 Å². The van der Waals surface area contributed by atoms with Crippen molar-refractivity contribution in [3.8, 4) is 0 Å². The number of benzene rings is 2. The molecule has 5 heterocycles. The van der Waals surface area contributed by atoms with E-state index in [-0.39, 0.29) is 72.6 Å². The van der Waals surface area contributed by atoms with Gasteiger partial charge in [0, 0.05) is 26.2 Å². The van der Waals surface area contributed by atoms with Crippen molar-refractivity contribution < 1.29 is 28.8 Å². The molecule has 20 heteroatoms. The SMILES string of the molecule is CNC(C)C(=S)N[C@H]1CCS[C@H]2CC(C)(C)[C@@H](C(=O)NC(C(=O)N3CCN(C(=O)C(NC(=O)[C@H]4N5C(=O)[C@@H](NC(=S)C(C)NC)CCS[C@H]5CC4(C)C)c4ccccc4)CC3)c3ccccc3)N2C1=O. The number of hydrogen-bond donors (Lipinski definition) is 6. The van der Waals surface area contributed by atoms with Gasteiger partial charge >= 0.3 is 0 Å². The lowest BCUT2D eigenvalue weighted by Gasteiger charge is -2.39. The molecule has 0 aromatic heterocycles. The Hall–Kier alpha value is -4.34. The highest BCUT2D eigenvalue weighted by Crippen LogP contribution is 2.48. The summed E-state index contributed by atoms with van der Waals surface area (Å²) in [5, 5.41) is 18.5. The van der Waals surface area contributed by atoms with Crippen LogP contribution >= 0.6 is 48.0 Å². The van der Waals surface area contributed by atoms with Crippen LogP contribution in [0.25, 0.3) is 0 Å². The van der Waals surface area contributed by atoms with E-state index >= 15 is 0 Å². The third kappa shape index (κ3) is 11.5. The average Bonchev–Trinajstić information content (AvgIpc) is 3.67. The second kappa shape index (κ2) is 22.6. The topological polar surface area (TPSA) is 188 Å². The van der Waals surface area contributed by atoms with E-state index in [1.54, 1.807) is 81.5 Å². The van der Waals surface area contributed by atoms with E-state index in [2.05, 4.69) is 31.9 Å². The number of piperazine rings is 1. The second-order valence-electron chi connectivity index (χ2n) is 20.4. The fourth-order valence-electron chi connectivity index (χ4n) is 10.4. The molecule has 380 valence electrons. The summed E-state index contributed by atoms with van der Waals surface area (Å²) >= 11 is 14.6. The number of amides is 6. The minimum atomic E-state index is -1.06. The van der Waals surface area contributed by atoms with Crippen LogP contribution in [0.1, 0.15) is 90.4 Å². The minimum Gasteiger partial charge on any atom is -0.367 e. The Morgan fingerprint density at radius 1 is 0.600 bits per heavy atom. The quantitative estimate of drug-likeness (QED) is 0.151. The summed E-state index contributed by atoms with van der Waals surface area (Å²) in [6.07, 6.45) is 2.33. The number of carbonyl (C=O) groups excluding carboxylic acids is 6. The summed E-state index contributed by atoms with van der Waals surface area (Å²) in [5.41, 5.74) is -0.0168. The molecule has 70 heavy (non-hydrogen) atoms. The van der Waals surface area contributed by atoms with Crippen LogP contribution in [-0.4, -0.2) is 164 Å². The zero-order chi connectivity index (χ0) is 50.7. The molecule has 7 rings (SSSR count). The summed E-state index contributed by atoms with van der Waals surface area (Å²) in [7, 11) is 3.61. The van der Waals surface area contributed by atoms with Crippen LogP contribution < -0.4 is 31.9 Å². The molecule has 5 aliphatic rings. The lowest BCUT2D eigenvalue weighted by atomic mass is 9.83. The van der Waals surface area contributed by atoms with Crippen LogP contribution in [0.4, 0.5) is 0 Å². The number of carbonyl (C=O) groups is 6. The van der Waals surface area contributed by atoms with Gasteiger partial charge in [-0.3, -0.25) is 28.8 Å². The van der Waals surface area contributed by atoms with E-state index in [0.29, 0.717) is 58.3 Å². The molecule has 0 spiro atoms. The van der Waals surface area contributed by atoms with E-state index in [4.69, 9.17) is 24.4 Å². The predicted octanol–water partition coefficient (Wildman–Crippen LogP) is 3.34. The molecule has 0 bridgehead atoms. The van der Waals surface area contributed by atoms with Crippen molar-refractivity contribution in [2.24, 2.45) is 10.8 Å². The fraction of sp³-hybridized carbons (Fsp3) is 0.600. The first kappa shape index (κ1) is 53.5. The molecule has 5 fully saturated rings. The van der Waals surface area contributed by atoms with Gasteiger partial charge in [-0.05, 0) is 87.1 Å². The number of nitrogens with one attached hydrogen (secondary N) is 6. The first-order valence-corrected chi connectivity index (χ1v) is 27.3. The minimum absolute atomic E-state index is 0.142. The molecule has 4 unspecified atom stereocenters. The van der Waals surface area contributed by atoms with Crippen LogP contribution in [-0.2, 0) is 28.8 Å². The van der Waals surface area contributed by atoms with Crippen LogP contribution in [0.3, 0.4) is 0 Å². The second-order valence-corrected chi connectivity index (χ2v) is 23.9. The number of thiocarbonyl (C=S) groups is 2. The Morgan fingerprint density at radius 3 is 1.27 bits per heavy atom. The molecular formula is C50H70N10O6S4. The van der Waals surface area contributed by atoms with Gasteiger partial charge in [-0.1, -0.05) is 113 Å². The largest absolute Gasteiger partial charge is 0.367 e. The Morgan fingerprint density at radius 2 is 0.943 bits per heavy atom. The van der Waals surface area contributed by atoms with Crippen LogP contribution in [0, 0.1) is 10.8 Å². The van der Waals surface area contributed by atoms with Gasteiger partial charge in [0.1, 0.15) is 36.3 Å². The standard InChI is InChI=1S/C50H70N10O6S4/c1-29(51-7)43(67)53-33-19-25-69-35-27-49(3,4)39(59(35)45(33)63)41(61)55-37(31-15-11-9-12-16-31)47(65)57-21-23-58(24-22-57)48(66)38(32-17-13-10-14-18-32)56-42(62)40-50(5,6)28-36-60(40)46(64)34(20-26-70-36)54-44(68)30(2)52-8/h9-18,29-30,33-40,51-52H,19-28H2,1-8H3,(H,53,67)(H,54,68)(H,55,61)(H,56,62)/t29?,30?,33-,34-,35-,36-,37?,38?,39+,40+/m0/s1. The molecule has 0 radical (unpaired) electrons. The molecule has 6 N–H and O–H groups in total. The molecule has 0 aliphatic carbocycles. The van der Waals surface area contributed by atoms with Gasteiger partial charge in [-0.25, -0.2) is 0 Å².